The van der Waals surface area contributed by atoms with Crippen LogP contribution in [0.5, 0.6) is 0 Å². The summed E-state index contributed by atoms with van der Waals surface area (Å²) in [5.74, 6) is -0.522. The van der Waals surface area contributed by atoms with Crippen LogP contribution in [0.2, 0.25) is 0 Å². The number of aliphatic hydroxyl groups is 3. The Morgan fingerprint density at radius 1 is 0.805 bits per heavy atom. The molecule has 41 heavy (non-hydrogen) atoms. The summed E-state index contributed by atoms with van der Waals surface area (Å²) in [5, 5.41) is 33.8. The van der Waals surface area contributed by atoms with E-state index in [1.165, 1.54) is 57.8 Å². The van der Waals surface area contributed by atoms with Crippen molar-refractivity contribution >= 4 is 35.5 Å². The van der Waals surface area contributed by atoms with E-state index in [9.17, 15) is 20.1 Å². The summed E-state index contributed by atoms with van der Waals surface area (Å²) in [5.41, 5.74) is -5.25. The Labute approximate surface area is 266 Å². The van der Waals surface area contributed by atoms with Gasteiger partial charge in [-0.1, -0.05) is 64.7 Å². The molecule has 12 nitrogen and oxygen atoms in total. The minimum atomic E-state index is -1.77. The number of unbranched alkanes of at least 4 members (excludes halogenated alkanes) is 9. The molecule has 3 aliphatic rings. The third-order valence-corrected chi connectivity index (χ3v) is 8.37. The number of ether oxygens (including phenoxy) is 1. The van der Waals surface area contributed by atoms with Crippen molar-refractivity contribution in [2.45, 2.75) is 126 Å². The van der Waals surface area contributed by atoms with Crippen LogP contribution in [0.3, 0.4) is 0 Å². The third kappa shape index (κ3) is 9.06. The molecule has 0 aromatic carbocycles. The molecule has 3 rings (SSSR count). The van der Waals surface area contributed by atoms with Crippen molar-refractivity contribution in [3.63, 3.8) is 0 Å². The maximum absolute atomic E-state index is 13.7. The van der Waals surface area contributed by atoms with E-state index in [4.69, 9.17) is 34.1 Å². The number of aliphatic hydroxyl groups excluding tert-OH is 3. The monoisotopic (exact) mass is 601 g/mol. The summed E-state index contributed by atoms with van der Waals surface area (Å²) in [6.07, 6.45) is 10.3. The van der Waals surface area contributed by atoms with E-state index < -0.39 is 41.5 Å². The Morgan fingerprint density at radius 3 is 1.95 bits per heavy atom. The Bertz CT molecular complexity index is 713. The van der Waals surface area contributed by atoms with Crippen molar-refractivity contribution in [3.05, 3.63) is 0 Å². The van der Waals surface area contributed by atoms with Gasteiger partial charge in [-0.15, -0.1) is 0 Å². The summed E-state index contributed by atoms with van der Waals surface area (Å²) in [4.78, 5) is 46.2. The Balaban J connectivity index is 0.00000588. The fourth-order valence-electron chi connectivity index (χ4n) is 6.05. The Kier molecular flexibility index (Phi) is 17.7. The molecule has 3 saturated heterocycles. The van der Waals surface area contributed by atoms with Crippen LogP contribution in [-0.2, 0) is 38.9 Å². The predicted octanol–water partition coefficient (Wildman–Crippen LogP) is 1.77. The van der Waals surface area contributed by atoms with Crippen molar-refractivity contribution in [1.29, 1.82) is 0 Å². The molecule has 0 spiro atoms. The SMILES string of the molecule is CCCCCCCCCCCCOCCCNC(=O)[C@]1([C@]2([C@]3([C@@H](O)[C@H](O)CO)CCOO3)CCOO2)CCOO1.[NaH]. The number of carbonyl (C=O) groups excluding carboxylic acids is 1. The minimum absolute atomic E-state index is 0. The molecule has 13 heteroatoms. The zero-order valence-electron chi connectivity index (χ0n) is 24.1. The third-order valence-electron chi connectivity index (χ3n) is 8.37. The molecule has 3 aliphatic heterocycles. The summed E-state index contributed by atoms with van der Waals surface area (Å²) in [6.45, 7) is 3.28. The van der Waals surface area contributed by atoms with Gasteiger partial charge in [0.2, 0.25) is 5.60 Å². The normalized spacial score (nSPS) is 29.4. The second kappa shape index (κ2) is 19.5. The van der Waals surface area contributed by atoms with E-state index >= 15 is 0 Å². The average molecular weight is 602 g/mol. The molecule has 0 unspecified atom stereocenters. The summed E-state index contributed by atoms with van der Waals surface area (Å²) < 4.78 is 5.75. The van der Waals surface area contributed by atoms with Crippen molar-refractivity contribution in [2.75, 3.05) is 46.2 Å². The van der Waals surface area contributed by atoms with Gasteiger partial charge in [0.05, 0.1) is 26.4 Å². The van der Waals surface area contributed by atoms with Crippen LogP contribution in [0.25, 0.3) is 0 Å². The molecule has 0 aliphatic carbocycles. The van der Waals surface area contributed by atoms with Gasteiger partial charge in [-0.3, -0.25) is 4.79 Å². The van der Waals surface area contributed by atoms with Gasteiger partial charge in [-0.2, -0.15) is 0 Å². The maximum atomic E-state index is 13.7. The molecular formula is C28H52NNaO11. The molecule has 1 amide bonds. The van der Waals surface area contributed by atoms with E-state index in [2.05, 4.69) is 12.2 Å². The van der Waals surface area contributed by atoms with Gasteiger partial charge in [-0.05, 0) is 12.8 Å². The average Bonchev–Trinajstić information content (AvgIpc) is 3.76. The molecule has 5 atom stereocenters. The van der Waals surface area contributed by atoms with Crippen molar-refractivity contribution in [3.8, 4) is 0 Å². The van der Waals surface area contributed by atoms with Crippen molar-refractivity contribution in [1.82, 2.24) is 5.32 Å². The summed E-state index contributed by atoms with van der Waals surface area (Å²) >= 11 is 0. The van der Waals surface area contributed by atoms with Crippen LogP contribution in [0.4, 0.5) is 0 Å². The number of rotatable bonds is 21. The first-order chi connectivity index (χ1) is 19.5. The van der Waals surface area contributed by atoms with Gasteiger partial charge in [0.25, 0.3) is 5.91 Å². The predicted molar refractivity (Wildman–Crippen MR) is 150 cm³/mol. The summed E-state index contributed by atoms with van der Waals surface area (Å²) in [6, 6.07) is 0. The van der Waals surface area contributed by atoms with Crippen LogP contribution in [0, 0.1) is 0 Å². The molecule has 3 heterocycles. The molecular weight excluding hydrogens is 549 g/mol. The molecule has 0 aromatic heterocycles. The zero-order chi connectivity index (χ0) is 28.7. The van der Waals surface area contributed by atoms with Crippen molar-refractivity contribution < 1.29 is 54.2 Å². The van der Waals surface area contributed by atoms with Crippen LogP contribution >= 0.6 is 0 Å². The molecule has 0 aromatic rings. The van der Waals surface area contributed by atoms with Gasteiger partial charge in [0.15, 0.2) is 11.2 Å². The van der Waals surface area contributed by atoms with Crippen molar-refractivity contribution in [2.24, 2.45) is 0 Å². The summed E-state index contributed by atoms with van der Waals surface area (Å²) in [7, 11) is 0. The van der Waals surface area contributed by atoms with Crippen LogP contribution in [0.15, 0.2) is 0 Å². The van der Waals surface area contributed by atoms with Gasteiger partial charge in [0, 0.05) is 39.0 Å². The fraction of sp³-hybridized carbons (Fsp3) is 0.964. The number of carbonyl (C=O) groups is 1. The molecule has 236 valence electrons. The number of amides is 1. The quantitative estimate of drug-likeness (QED) is 0.0865. The van der Waals surface area contributed by atoms with Gasteiger partial charge < -0.3 is 25.4 Å². The first-order valence-corrected chi connectivity index (χ1v) is 15.2. The zero-order valence-corrected chi connectivity index (χ0v) is 24.1. The molecule has 0 bridgehead atoms. The second-order valence-corrected chi connectivity index (χ2v) is 11.1. The molecule has 0 radical (unpaired) electrons. The fourth-order valence-corrected chi connectivity index (χ4v) is 6.05. The van der Waals surface area contributed by atoms with E-state index in [0.29, 0.717) is 26.2 Å². The topological polar surface area (TPSA) is 154 Å². The van der Waals surface area contributed by atoms with Crippen LogP contribution in [-0.4, -0.2) is 126 Å². The standard InChI is InChI=1S/C28H51NO11.Na.H/c1-2-3-4-5-6-7-8-9-10-11-17-34-18-12-16-29-25(33)27(14-20-36-39-27)28(15-21-37-40-28)26(13-19-35-38-26)24(32)23(31)22-30;;/h23-24,30-32H,2-22H2,1H3,(H,29,33);;/t23-,24+,26-,27+,28-;;/m1../s1. The molecule has 4 N–H and O–H groups in total. The Hall–Kier alpha value is 0.0700. The first-order valence-electron chi connectivity index (χ1n) is 15.2. The Morgan fingerprint density at radius 2 is 1.39 bits per heavy atom. The van der Waals surface area contributed by atoms with E-state index in [1.54, 1.807) is 0 Å². The first kappa shape index (κ1) is 37.3. The van der Waals surface area contributed by atoms with Gasteiger partial charge in [0.1, 0.15) is 12.2 Å². The second-order valence-electron chi connectivity index (χ2n) is 11.1. The number of hydrogen-bond donors (Lipinski definition) is 4. The number of hydrogen-bond acceptors (Lipinski definition) is 11. The van der Waals surface area contributed by atoms with E-state index in [1.807, 2.05) is 0 Å². The van der Waals surface area contributed by atoms with Crippen LogP contribution in [0.1, 0.15) is 96.8 Å². The van der Waals surface area contributed by atoms with E-state index in [-0.39, 0.29) is 68.6 Å². The molecule has 3 fully saturated rings. The van der Waals surface area contributed by atoms with Gasteiger partial charge in [-0.25, -0.2) is 29.3 Å². The van der Waals surface area contributed by atoms with Gasteiger partial charge >= 0.3 is 29.6 Å². The molecule has 0 saturated carbocycles. The number of nitrogens with one attached hydrogen (secondary N) is 1. The van der Waals surface area contributed by atoms with Crippen LogP contribution < -0.4 is 5.32 Å². The van der Waals surface area contributed by atoms with E-state index in [0.717, 1.165) is 6.42 Å².